The summed E-state index contributed by atoms with van der Waals surface area (Å²) in [7, 11) is -3.84. The molecule has 0 unspecified atom stereocenters. The lowest BCUT2D eigenvalue weighted by atomic mass is 10.1. The molecule has 0 saturated carbocycles. The second kappa shape index (κ2) is 7.17. The van der Waals surface area contributed by atoms with Gasteiger partial charge in [-0.2, -0.15) is 13.5 Å². The molecule has 0 bridgehead atoms. The van der Waals surface area contributed by atoms with E-state index in [1.807, 2.05) is 0 Å². The van der Waals surface area contributed by atoms with Gasteiger partial charge in [-0.05, 0) is 35.9 Å². The van der Waals surface area contributed by atoms with Gasteiger partial charge in [0, 0.05) is 5.56 Å². The van der Waals surface area contributed by atoms with E-state index in [1.165, 1.54) is 35.5 Å². The molecular weight excluding hydrogens is 374 g/mol. The minimum atomic E-state index is -3.84. The molecule has 0 radical (unpaired) electrons. The lowest BCUT2D eigenvalue weighted by Crippen LogP contribution is -2.28. The van der Waals surface area contributed by atoms with Gasteiger partial charge in [0.25, 0.3) is 10.0 Å². The highest BCUT2D eigenvalue weighted by Crippen LogP contribution is 2.27. The maximum absolute atomic E-state index is 12.2. The summed E-state index contributed by atoms with van der Waals surface area (Å²) >= 11 is 0. The van der Waals surface area contributed by atoms with Gasteiger partial charge >= 0.3 is 5.97 Å². The molecule has 3 N–H and O–H groups in total. The Morgan fingerprint density at radius 1 is 1.22 bits per heavy atom. The number of phenols is 1. The molecule has 2 aromatic carbocycles. The molecule has 10 heteroatoms. The Bertz CT molecular complexity index is 1060. The Morgan fingerprint density at radius 2 is 1.96 bits per heavy atom. The minimum absolute atomic E-state index is 0.0247. The Labute approximate surface area is 154 Å². The van der Waals surface area contributed by atoms with E-state index in [0.29, 0.717) is 11.1 Å². The van der Waals surface area contributed by atoms with Crippen molar-refractivity contribution in [3.05, 3.63) is 59.2 Å². The molecule has 140 valence electrons. The number of hydrogen-bond donors (Lipinski definition) is 3. The number of aromatic carboxylic acids is 1. The van der Waals surface area contributed by atoms with Gasteiger partial charge in [0.15, 0.2) is 5.84 Å². The predicted molar refractivity (Wildman–Crippen MR) is 96.6 cm³/mol. The zero-order valence-corrected chi connectivity index (χ0v) is 14.7. The van der Waals surface area contributed by atoms with Gasteiger partial charge in [-0.3, -0.25) is 0 Å². The predicted octanol–water partition coefficient (Wildman–Crippen LogP) is 0.868. The number of nitrogens with zero attached hydrogens (tertiary/aromatic N) is 3. The van der Waals surface area contributed by atoms with E-state index in [9.17, 15) is 23.4 Å². The van der Waals surface area contributed by atoms with Crippen molar-refractivity contribution in [2.24, 2.45) is 9.50 Å². The number of carboxylic acid groups (broad SMARTS) is 1. The van der Waals surface area contributed by atoms with E-state index < -0.39 is 16.0 Å². The third-order valence-electron chi connectivity index (χ3n) is 3.77. The smallest absolute Gasteiger partial charge is 0.339 e. The van der Waals surface area contributed by atoms with Crippen LogP contribution in [0, 0.1) is 0 Å². The maximum Gasteiger partial charge on any atom is 0.339 e. The van der Waals surface area contributed by atoms with E-state index in [2.05, 4.69) is 9.50 Å². The third-order valence-corrected chi connectivity index (χ3v) is 5.09. The first-order valence-electron chi connectivity index (χ1n) is 7.76. The molecule has 1 aliphatic heterocycles. The highest BCUT2D eigenvalue weighted by molar-refractivity contribution is 7.90. The number of rotatable bonds is 5. The first-order valence-corrected chi connectivity index (χ1v) is 9.20. The molecule has 0 aromatic heterocycles. The summed E-state index contributed by atoms with van der Waals surface area (Å²) in [5.41, 5.74) is 0.432. The number of aliphatic hydroxyl groups excluding tert-OH is 1. The normalized spacial score (nSPS) is 14.8. The molecule has 2 aromatic rings. The van der Waals surface area contributed by atoms with Crippen LogP contribution in [0.1, 0.15) is 21.5 Å². The Hall–Kier alpha value is -3.24. The Morgan fingerprint density at radius 3 is 2.67 bits per heavy atom. The van der Waals surface area contributed by atoms with Gasteiger partial charge in [-0.1, -0.05) is 12.1 Å². The van der Waals surface area contributed by atoms with Crippen LogP contribution in [-0.4, -0.2) is 59.9 Å². The molecule has 3 rings (SSSR count). The molecule has 0 fully saturated rings. The number of benzene rings is 2. The third kappa shape index (κ3) is 3.66. The highest BCUT2D eigenvalue weighted by atomic mass is 32.2. The van der Waals surface area contributed by atoms with Gasteiger partial charge in [0.1, 0.15) is 16.2 Å². The fourth-order valence-corrected chi connectivity index (χ4v) is 3.74. The fraction of sp³-hybridized carbons (Fsp3) is 0.118. The van der Waals surface area contributed by atoms with Crippen molar-refractivity contribution in [2.75, 3.05) is 13.2 Å². The summed E-state index contributed by atoms with van der Waals surface area (Å²) in [5, 5.41) is 33.3. The van der Waals surface area contributed by atoms with Crippen LogP contribution in [0.4, 0.5) is 0 Å². The molecular formula is C17H15N3O6S. The van der Waals surface area contributed by atoms with Gasteiger partial charge in [-0.15, -0.1) is 4.40 Å². The number of amidine groups is 1. The Balaban J connectivity index is 1.98. The molecule has 0 saturated heterocycles. The van der Waals surface area contributed by atoms with Crippen LogP contribution < -0.4 is 0 Å². The molecule has 27 heavy (non-hydrogen) atoms. The van der Waals surface area contributed by atoms with Crippen LogP contribution in [0.15, 0.2) is 56.9 Å². The van der Waals surface area contributed by atoms with Gasteiger partial charge in [0.2, 0.25) is 0 Å². The monoisotopic (exact) mass is 389 g/mol. The van der Waals surface area contributed by atoms with Gasteiger partial charge < -0.3 is 15.3 Å². The number of fused-ring (bicyclic) bond motifs is 1. The largest absolute Gasteiger partial charge is 0.507 e. The molecule has 0 spiro atoms. The van der Waals surface area contributed by atoms with E-state index in [4.69, 9.17) is 5.11 Å². The quantitative estimate of drug-likeness (QED) is 0.509. The van der Waals surface area contributed by atoms with Crippen molar-refractivity contribution in [3.8, 4) is 5.75 Å². The SMILES string of the molecule is O=C(O)c1cc(/C=N\N(CCO)C2=NS(=O)(=O)c3ccccc32)ccc1O. The summed E-state index contributed by atoms with van der Waals surface area (Å²) in [6.07, 6.45) is 1.29. The zero-order chi connectivity index (χ0) is 19.6. The summed E-state index contributed by atoms with van der Waals surface area (Å²) in [5.74, 6) is -1.62. The molecule has 1 heterocycles. The number of aliphatic hydroxyl groups is 1. The first-order chi connectivity index (χ1) is 12.8. The molecule has 0 amide bonds. The van der Waals surface area contributed by atoms with Crippen LogP contribution in [0.2, 0.25) is 0 Å². The lowest BCUT2D eigenvalue weighted by Gasteiger charge is -2.17. The molecule has 0 atom stereocenters. The second-order valence-corrected chi connectivity index (χ2v) is 7.13. The van der Waals surface area contributed by atoms with Gasteiger partial charge in [0.05, 0.1) is 19.4 Å². The second-order valence-electron chi connectivity index (χ2n) is 5.56. The van der Waals surface area contributed by atoms with E-state index >= 15 is 0 Å². The number of carbonyl (C=O) groups is 1. The van der Waals surface area contributed by atoms with Crippen LogP contribution in [0.3, 0.4) is 0 Å². The average molecular weight is 389 g/mol. The van der Waals surface area contributed by atoms with Crippen molar-refractivity contribution >= 4 is 28.0 Å². The van der Waals surface area contributed by atoms with Crippen LogP contribution in [0.25, 0.3) is 0 Å². The number of hydrogen-bond acceptors (Lipinski definition) is 7. The van der Waals surface area contributed by atoms with Crippen molar-refractivity contribution in [1.82, 2.24) is 5.01 Å². The summed E-state index contributed by atoms with van der Waals surface area (Å²) < 4.78 is 28.1. The van der Waals surface area contributed by atoms with Crippen molar-refractivity contribution in [3.63, 3.8) is 0 Å². The van der Waals surface area contributed by atoms with Crippen molar-refractivity contribution in [1.29, 1.82) is 0 Å². The molecule has 9 nitrogen and oxygen atoms in total. The van der Waals surface area contributed by atoms with Crippen molar-refractivity contribution < 1.29 is 28.5 Å². The summed E-state index contributed by atoms with van der Waals surface area (Å²) in [6.45, 7) is -0.336. The Kier molecular flexibility index (Phi) is 4.93. The fourth-order valence-electron chi connectivity index (χ4n) is 2.53. The topological polar surface area (TPSA) is 140 Å². The summed E-state index contributed by atoms with van der Waals surface area (Å²) in [4.78, 5) is 11.2. The maximum atomic E-state index is 12.2. The van der Waals surface area contributed by atoms with E-state index in [1.54, 1.807) is 18.2 Å². The van der Waals surface area contributed by atoms with Crippen LogP contribution in [-0.2, 0) is 10.0 Å². The van der Waals surface area contributed by atoms with Gasteiger partial charge in [-0.25, -0.2) is 9.80 Å². The minimum Gasteiger partial charge on any atom is -0.507 e. The van der Waals surface area contributed by atoms with Crippen molar-refractivity contribution in [2.45, 2.75) is 4.90 Å². The van der Waals surface area contributed by atoms with E-state index in [0.717, 1.165) is 0 Å². The number of carboxylic acids is 1. The molecule has 0 aliphatic carbocycles. The molecule has 1 aliphatic rings. The first kappa shape index (κ1) is 18.5. The standard InChI is InChI=1S/C17H15N3O6S/c21-8-7-20(16-12-3-1-2-4-15(12)27(25,26)19-16)18-10-11-5-6-14(22)13(9-11)17(23)24/h1-6,9-10,21-22H,7-8H2,(H,23,24)/b18-10-. The number of hydrazone groups is 1. The number of sulfonamides is 1. The number of aromatic hydroxyl groups is 1. The van der Waals surface area contributed by atoms with Crippen LogP contribution >= 0.6 is 0 Å². The zero-order valence-electron chi connectivity index (χ0n) is 13.8. The summed E-state index contributed by atoms with van der Waals surface area (Å²) in [6, 6.07) is 10.1. The average Bonchev–Trinajstić information content (AvgIpc) is 2.91. The highest BCUT2D eigenvalue weighted by Gasteiger charge is 2.31. The lowest BCUT2D eigenvalue weighted by molar-refractivity contribution is 0.0693. The van der Waals surface area contributed by atoms with Crippen LogP contribution in [0.5, 0.6) is 5.75 Å². The van der Waals surface area contributed by atoms with E-state index in [-0.39, 0.29) is 35.2 Å².